The van der Waals surface area contributed by atoms with Crippen LogP contribution in [0.3, 0.4) is 0 Å². The van der Waals surface area contributed by atoms with E-state index in [9.17, 15) is 13.2 Å². The van der Waals surface area contributed by atoms with E-state index in [-0.39, 0.29) is 23.8 Å². The fourth-order valence-electron chi connectivity index (χ4n) is 5.10. The summed E-state index contributed by atoms with van der Waals surface area (Å²) in [5.74, 6) is 0.454. The van der Waals surface area contributed by atoms with E-state index in [1.54, 1.807) is 11.9 Å². The van der Waals surface area contributed by atoms with Crippen molar-refractivity contribution in [3.05, 3.63) is 59.5 Å². The molecule has 1 aromatic carbocycles. The molecule has 1 aliphatic heterocycles. The largest absolute Gasteiger partial charge is 0.376 e. The van der Waals surface area contributed by atoms with Crippen molar-refractivity contribution in [2.24, 2.45) is 0 Å². The Kier molecular flexibility index (Phi) is 11.2. The summed E-state index contributed by atoms with van der Waals surface area (Å²) in [7, 11) is 0. The lowest BCUT2D eigenvalue weighted by Crippen LogP contribution is -2.45. The molecule has 194 valence electrons. The van der Waals surface area contributed by atoms with E-state index in [4.69, 9.17) is 4.74 Å². The van der Waals surface area contributed by atoms with Gasteiger partial charge in [-0.05, 0) is 61.5 Å². The lowest BCUT2D eigenvalue weighted by atomic mass is 9.83. The van der Waals surface area contributed by atoms with E-state index in [1.165, 1.54) is 11.6 Å². The van der Waals surface area contributed by atoms with Crippen LogP contribution in [-0.4, -0.2) is 49.0 Å². The lowest BCUT2D eigenvalue weighted by molar-refractivity contribution is 0.0157. The molecule has 1 N–H and O–H groups in total. The van der Waals surface area contributed by atoms with E-state index in [0.717, 1.165) is 44.8 Å². The summed E-state index contributed by atoms with van der Waals surface area (Å²) in [5, 5.41) is 0. The number of hydrogen-bond acceptors (Lipinski definition) is 5. The van der Waals surface area contributed by atoms with Gasteiger partial charge in [-0.25, -0.2) is 18.2 Å². The summed E-state index contributed by atoms with van der Waals surface area (Å²) in [6, 6.07) is 12.3. The molecule has 4 nitrogen and oxygen atoms in total. The first-order chi connectivity index (χ1) is 17.0. The summed E-state index contributed by atoms with van der Waals surface area (Å²) in [6.07, 6.45) is 5.25. The van der Waals surface area contributed by atoms with E-state index >= 15 is 0 Å². The van der Waals surface area contributed by atoms with Gasteiger partial charge in [0.05, 0.1) is 24.9 Å². The fraction of sp³-hybridized carbons (Fsp3) is 0.593. The second-order valence-corrected chi connectivity index (χ2v) is 9.57. The van der Waals surface area contributed by atoms with Crippen molar-refractivity contribution >= 4 is 17.8 Å². The highest BCUT2D eigenvalue weighted by atomic mass is 32.2. The predicted octanol–water partition coefficient (Wildman–Crippen LogP) is 6.61. The molecule has 1 aromatic heterocycles. The number of pyridine rings is 1. The SMILES string of the molecule is CC.CSNC1CCN(c2cc(CC(F)F)c(F)cn2)C1COC1CCC(c2ccccc2)CC1. The van der Waals surface area contributed by atoms with Gasteiger partial charge in [-0.15, -0.1) is 0 Å². The Hall–Kier alpha value is -1.77. The van der Waals surface area contributed by atoms with Crippen molar-refractivity contribution < 1.29 is 17.9 Å². The average Bonchev–Trinajstić information content (AvgIpc) is 3.28. The van der Waals surface area contributed by atoms with Gasteiger partial charge in [-0.3, -0.25) is 4.72 Å². The molecule has 8 heteroatoms. The van der Waals surface area contributed by atoms with Crippen LogP contribution in [0.2, 0.25) is 0 Å². The van der Waals surface area contributed by atoms with Crippen molar-refractivity contribution in [1.82, 2.24) is 9.71 Å². The quantitative estimate of drug-likeness (QED) is 0.385. The van der Waals surface area contributed by atoms with Crippen LogP contribution in [0.1, 0.15) is 63.0 Å². The highest BCUT2D eigenvalue weighted by Crippen LogP contribution is 2.35. The number of anilines is 1. The van der Waals surface area contributed by atoms with Gasteiger partial charge in [0.1, 0.15) is 11.6 Å². The Morgan fingerprint density at radius 1 is 1.11 bits per heavy atom. The number of aromatic nitrogens is 1. The fourth-order valence-corrected chi connectivity index (χ4v) is 5.68. The summed E-state index contributed by atoms with van der Waals surface area (Å²) in [4.78, 5) is 6.31. The number of nitrogens with zero attached hydrogens (tertiary/aromatic N) is 2. The first kappa shape index (κ1) is 27.8. The number of nitrogens with one attached hydrogen (secondary N) is 1. The van der Waals surface area contributed by atoms with Gasteiger partial charge in [-0.2, -0.15) is 0 Å². The first-order valence-corrected chi connectivity index (χ1v) is 13.9. The summed E-state index contributed by atoms with van der Waals surface area (Å²) in [6.45, 7) is 5.25. The molecule has 2 unspecified atom stereocenters. The van der Waals surface area contributed by atoms with Crippen LogP contribution in [-0.2, 0) is 11.2 Å². The molecule has 4 rings (SSSR count). The van der Waals surface area contributed by atoms with Gasteiger partial charge in [0.15, 0.2) is 0 Å². The molecule has 1 aliphatic carbocycles. The Balaban J connectivity index is 0.00000167. The number of rotatable bonds is 9. The van der Waals surface area contributed by atoms with Gasteiger partial charge in [-0.1, -0.05) is 56.1 Å². The van der Waals surface area contributed by atoms with Gasteiger partial charge >= 0.3 is 0 Å². The third kappa shape index (κ3) is 7.61. The van der Waals surface area contributed by atoms with E-state index in [1.807, 2.05) is 20.1 Å². The van der Waals surface area contributed by atoms with Gasteiger partial charge in [0.2, 0.25) is 6.43 Å². The zero-order chi connectivity index (χ0) is 25.2. The second-order valence-electron chi connectivity index (χ2n) is 8.92. The van der Waals surface area contributed by atoms with Crippen LogP contribution in [0, 0.1) is 5.82 Å². The maximum absolute atomic E-state index is 14.0. The normalized spacial score (nSPS) is 24.4. The van der Waals surface area contributed by atoms with Crippen molar-refractivity contribution in [3.8, 4) is 0 Å². The summed E-state index contributed by atoms with van der Waals surface area (Å²) >= 11 is 1.56. The van der Waals surface area contributed by atoms with Crippen LogP contribution in [0.25, 0.3) is 0 Å². The topological polar surface area (TPSA) is 37.4 Å². The molecular formula is C27H38F3N3OS. The number of halogens is 3. The zero-order valence-corrected chi connectivity index (χ0v) is 21.7. The number of ether oxygens (including phenoxy) is 1. The second kappa shape index (κ2) is 14.1. The Morgan fingerprint density at radius 3 is 2.49 bits per heavy atom. The van der Waals surface area contributed by atoms with Crippen molar-refractivity contribution in [2.45, 2.75) is 82.9 Å². The maximum Gasteiger partial charge on any atom is 0.242 e. The molecule has 2 fully saturated rings. The van der Waals surface area contributed by atoms with Gasteiger partial charge in [0.25, 0.3) is 0 Å². The number of alkyl halides is 2. The molecular weight excluding hydrogens is 471 g/mol. The monoisotopic (exact) mass is 509 g/mol. The third-order valence-electron chi connectivity index (χ3n) is 6.85. The van der Waals surface area contributed by atoms with Crippen molar-refractivity contribution in [2.75, 3.05) is 24.3 Å². The van der Waals surface area contributed by atoms with Crippen LogP contribution < -0.4 is 9.62 Å². The lowest BCUT2D eigenvalue weighted by Gasteiger charge is -2.33. The average molecular weight is 510 g/mol. The molecule has 2 heterocycles. The minimum atomic E-state index is -2.59. The van der Waals surface area contributed by atoms with Crippen LogP contribution in [0.5, 0.6) is 0 Å². The Morgan fingerprint density at radius 2 is 1.83 bits per heavy atom. The van der Waals surface area contributed by atoms with Crippen LogP contribution in [0.4, 0.5) is 19.0 Å². The Labute approximate surface area is 212 Å². The molecule has 2 atom stereocenters. The van der Waals surface area contributed by atoms with Crippen molar-refractivity contribution in [3.63, 3.8) is 0 Å². The smallest absolute Gasteiger partial charge is 0.242 e. The minimum Gasteiger partial charge on any atom is -0.376 e. The number of benzene rings is 1. The Bertz CT molecular complexity index is 881. The molecule has 0 spiro atoms. The summed E-state index contributed by atoms with van der Waals surface area (Å²) < 4.78 is 49.6. The minimum absolute atomic E-state index is 0.00942. The molecule has 0 amide bonds. The van der Waals surface area contributed by atoms with E-state index in [0.29, 0.717) is 18.3 Å². The number of hydrogen-bond donors (Lipinski definition) is 1. The molecule has 35 heavy (non-hydrogen) atoms. The first-order valence-electron chi connectivity index (χ1n) is 12.7. The molecule has 2 aromatic rings. The molecule has 0 bridgehead atoms. The highest BCUT2D eigenvalue weighted by Gasteiger charge is 2.36. The zero-order valence-electron chi connectivity index (χ0n) is 20.9. The summed E-state index contributed by atoms with van der Waals surface area (Å²) in [5.41, 5.74) is 1.42. The maximum atomic E-state index is 14.0. The standard InChI is InChI=1S/C25H32F3N3OS.C2H6/c1-33-30-22-11-12-31(25-14-19(13-24(27)28)21(26)15-29-25)23(22)16-32-20-9-7-18(8-10-20)17-5-3-2-4-6-17;1-2/h2-6,14-15,18,20,22-24,30H,7-13,16H2,1H3;1-2H3. The predicted molar refractivity (Wildman–Crippen MR) is 139 cm³/mol. The molecule has 1 saturated carbocycles. The molecule has 2 aliphatic rings. The van der Waals surface area contributed by atoms with E-state index < -0.39 is 18.7 Å². The molecule has 1 saturated heterocycles. The molecule has 0 radical (unpaired) electrons. The van der Waals surface area contributed by atoms with Gasteiger partial charge < -0.3 is 9.64 Å². The third-order valence-corrected chi connectivity index (χ3v) is 7.39. The van der Waals surface area contributed by atoms with E-state index in [2.05, 4.69) is 44.9 Å². The van der Waals surface area contributed by atoms with Crippen LogP contribution in [0.15, 0.2) is 42.6 Å². The highest BCUT2D eigenvalue weighted by molar-refractivity contribution is 7.96. The van der Waals surface area contributed by atoms with Crippen molar-refractivity contribution in [1.29, 1.82) is 0 Å². The van der Waals surface area contributed by atoms with Gasteiger partial charge in [0, 0.05) is 19.0 Å². The van der Waals surface area contributed by atoms with Crippen LogP contribution >= 0.6 is 11.9 Å².